The van der Waals surface area contributed by atoms with Crippen LogP contribution in [0.2, 0.25) is 0 Å². The molecule has 0 aliphatic rings. The summed E-state index contributed by atoms with van der Waals surface area (Å²) in [7, 11) is 2.03. The SMILES string of the molecule is CCCCN(C)c1cncc(C(=O)NCCC)c1. The lowest BCUT2D eigenvalue weighted by molar-refractivity contribution is 0.0953. The average Bonchev–Trinajstić information content (AvgIpc) is 2.42. The Kier molecular flexibility index (Phi) is 6.19. The van der Waals surface area contributed by atoms with Crippen molar-refractivity contribution in [2.24, 2.45) is 0 Å². The number of carbonyl (C=O) groups excluding carboxylic acids is 1. The molecule has 100 valence electrons. The predicted molar refractivity (Wildman–Crippen MR) is 75.0 cm³/mol. The number of unbranched alkanes of at least 4 members (excludes halogenated alkanes) is 1. The number of nitrogens with zero attached hydrogens (tertiary/aromatic N) is 2. The van der Waals surface area contributed by atoms with E-state index in [0.29, 0.717) is 12.1 Å². The quantitative estimate of drug-likeness (QED) is 0.807. The van der Waals surface area contributed by atoms with Gasteiger partial charge < -0.3 is 10.2 Å². The molecule has 4 heteroatoms. The highest BCUT2D eigenvalue weighted by atomic mass is 16.1. The summed E-state index contributed by atoms with van der Waals surface area (Å²) in [6, 6.07) is 1.90. The maximum atomic E-state index is 11.8. The van der Waals surface area contributed by atoms with Gasteiger partial charge in [0.1, 0.15) is 0 Å². The Bertz CT molecular complexity index is 379. The van der Waals surface area contributed by atoms with E-state index in [4.69, 9.17) is 0 Å². The Morgan fingerprint density at radius 3 is 2.78 bits per heavy atom. The van der Waals surface area contributed by atoms with Gasteiger partial charge in [-0.3, -0.25) is 9.78 Å². The number of aromatic nitrogens is 1. The van der Waals surface area contributed by atoms with Gasteiger partial charge in [0.2, 0.25) is 0 Å². The molecule has 0 spiro atoms. The Labute approximate surface area is 109 Å². The summed E-state index contributed by atoms with van der Waals surface area (Å²) >= 11 is 0. The standard InChI is InChI=1S/C14H23N3O/c1-4-6-8-17(3)13-9-12(10-15-11-13)14(18)16-7-5-2/h9-11H,4-8H2,1-3H3,(H,16,18). The van der Waals surface area contributed by atoms with Crippen molar-refractivity contribution in [3.8, 4) is 0 Å². The van der Waals surface area contributed by atoms with E-state index in [1.807, 2.05) is 20.0 Å². The number of hydrogen-bond donors (Lipinski definition) is 1. The second-order valence-electron chi connectivity index (χ2n) is 4.46. The van der Waals surface area contributed by atoms with E-state index in [-0.39, 0.29) is 5.91 Å². The lowest BCUT2D eigenvalue weighted by atomic mass is 10.2. The highest BCUT2D eigenvalue weighted by Gasteiger charge is 2.08. The van der Waals surface area contributed by atoms with Gasteiger partial charge in [0, 0.05) is 26.3 Å². The zero-order valence-electron chi connectivity index (χ0n) is 11.6. The summed E-state index contributed by atoms with van der Waals surface area (Å²) in [6.07, 6.45) is 6.65. The van der Waals surface area contributed by atoms with Gasteiger partial charge in [-0.1, -0.05) is 20.3 Å². The topological polar surface area (TPSA) is 45.2 Å². The molecule has 1 aromatic heterocycles. The molecule has 0 saturated heterocycles. The first kappa shape index (κ1) is 14.5. The number of amides is 1. The highest BCUT2D eigenvalue weighted by Crippen LogP contribution is 2.13. The third-order valence-corrected chi connectivity index (χ3v) is 2.81. The van der Waals surface area contributed by atoms with Crippen molar-refractivity contribution in [1.82, 2.24) is 10.3 Å². The smallest absolute Gasteiger partial charge is 0.252 e. The van der Waals surface area contributed by atoms with Gasteiger partial charge in [-0.05, 0) is 18.9 Å². The summed E-state index contributed by atoms with van der Waals surface area (Å²) in [6.45, 7) is 5.89. The molecule has 1 rings (SSSR count). The molecule has 1 heterocycles. The minimum absolute atomic E-state index is 0.0462. The first-order valence-corrected chi connectivity index (χ1v) is 6.63. The molecule has 0 aliphatic heterocycles. The third-order valence-electron chi connectivity index (χ3n) is 2.81. The minimum atomic E-state index is -0.0462. The van der Waals surface area contributed by atoms with Crippen LogP contribution in [0.1, 0.15) is 43.5 Å². The van der Waals surface area contributed by atoms with E-state index >= 15 is 0 Å². The Balaban J connectivity index is 2.69. The first-order valence-electron chi connectivity index (χ1n) is 6.63. The van der Waals surface area contributed by atoms with Crippen LogP contribution in [0.25, 0.3) is 0 Å². The Morgan fingerprint density at radius 1 is 1.33 bits per heavy atom. The summed E-state index contributed by atoms with van der Waals surface area (Å²) < 4.78 is 0. The fourth-order valence-corrected chi connectivity index (χ4v) is 1.63. The van der Waals surface area contributed by atoms with Crippen LogP contribution in [-0.2, 0) is 0 Å². The van der Waals surface area contributed by atoms with E-state index in [1.54, 1.807) is 12.4 Å². The number of anilines is 1. The third kappa shape index (κ3) is 4.35. The van der Waals surface area contributed by atoms with Gasteiger partial charge in [-0.15, -0.1) is 0 Å². The maximum absolute atomic E-state index is 11.8. The summed E-state index contributed by atoms with van der Waals surface area (Å²) in [5.41, 5.74) is 1.62. The van der Waals surface area contributed by atoms with Crippen LogP contribution in [-0.4, -0.2) is 31.0 Å². The van der Waals surface area contributed by atoms with E-state index < -0.39 is 0 Å². The molecule has 4 nitrogen and oxygen atoms in total. The zero-order chi connectivity index (χ0) is 13.4. The van der Waals surface area contributed by atoms with Crippen molar-refractivity contribution in [1.29, 1.82) is 0 Å². The second-order valence-corrected chi connectivity index (χ2v) is 4.46. The molecular formula is C14H23N3O. The highest BCUT2D eigenvalue weighted by molar-refractivity contribution is 5.94. The lowest BCUT2D eigenvalue weighted by Gasteiger charge is -2.18. The van der Waals surface area contributed by atoms with Crippen LogP contribution in [0.4, 0.5) is 5.69 Å². The Morgan fingerprint density at radius 2 is 2.11 bits per heavy atom. The number of carbonyl (C=O) groups is 1. The van der Waals surface area contributed by atoms with Crippen molar-refractivity contribution >= 4 is 11.6 Å². The molecule has 1 N–H and O–H groups in total. The van der Waals surface area contributed by atoms with Crippen molar-refractivity contribution in [3.05, 3.63) is 24.0 Å². The summed E-state index contributed by atoms with van der Waals surface area (Å²) in [4.78, 5) is 18.1. The van der Waals surface area contributed by atoms with Gasteiger partial charge in [0.15, 0.2) is 0 Å². The summed E-state index contributed by atoms with van der Waals surface area (Å²) in [5.74, 6) is -0.0462. The van der Waals surface area contributed by atoms with Crippen molar-refractivity contribution in [3.63, 3.8) is 0 Å². The number of pyridine rings is 1. The number of hydrogen-bond acceptors (Lipinski definition) is 3. The molecule has 0 fully saturated rings. The normalized spacial score (nSPS) is 10.2. The molecule has 0 aromatic carbocycles. The Hall–Kier alpha value is -1.58. The monoisotopic (exact) mass is 249 g/mol. The van der Waals surface area contributed by atoms with Crippen molar-refractivity contribution < 1.29 is 4.79 Å². The molecule has 0 unspecified atom stereocenters. The van der Waals surface area contributed by atoms with Gasteiger partial charge in [-0.2, -0.15) is 0 Å². The van der Waals surface area contributed by atoms with Gasteiger partial charge in [0.25, 0.3) is 5.91 Å². The molecule has 0 bridgehead atoms. The molecule has 0 aliphatic carbocycles. The van der Waals surface area contributed by atoms with E-state index in [0.717, 1.165) is 31.5 Å². The van der Waals surface area contributed by atoms with Gasteiger partial charge in [0.05, 0.1) is 17.4 Å². The van der Waals surface area contributed by atoms with Crippen molar-refractivity contribution in [2.75, 3.05) is 25.0 Å². The molecule has 18 heavy (non-hydrogen) atoms. The minimum Gasteiger partial charge on any atom is -0.373 e. The van der Waals surface area contributed by atoms with Crippen LogP contribution in [0.3, 0.4) is 0 Å². The average molecular weight is 249 g/mol. The van der Waals surface area contributed by atoms with E-state index in [1.165, 1.54) is 0 Å². The molecular weight excluding hydrogens is 226 g/mol. The van der Waals surface area contributed by atoms with Gasteiger partial charge in [-0.25, -0.2) is 0 Å². The number of rotatable bonds is 7. The molecule has 0 radical (unpaired) electrons. The van der Waals surface area contributed by atoms with Crippen LogP contribution in [0.5, 0.6) is 0 Å². The van der Waals surface area contributed by atoms with E-state index in [2.05, 4.69) is 22.1 Å². The molecule has 0 saturated carbocycles. The number of nitrogens with one attached hydrogen (secondary N) is 1. The molecule has 0 atom stereocenters. The fourth-order valence-electron chi connectivity index (χ4n) is 1.63. The fraction of sp³-hybridized carbons (Fsp3) is 0.571. The molecule has 1 aromatic rings. The maximum Gasteiger partial charge on any atom is 0.252 e. The second kappa shape index (κ2) is 7.69. The lowest BCUT2D eigenvalue weighted by Crippen LogP contribution is -2.25. The summed E-state index contributed by atoms with van der Waals surface area (Å²) in [5, 5.41) is 2.86. The largest absolute Gasteiger partial charge is 0.373 e. The predicted octanol–water partition coefficient (Wildman–Crippen LogP) is 2.46. The zero-order valence-corrected chi connectivity index (χ0v) is 11.6. The van der Waals surface area contributed by atoms with Gasteiger partial charge >= 0.3 is 0 Å². The first-order chi connectivity index (χ1) is 8.69. The van der Waals surface area contributed by atoms with Crippen LogP contribution >= 0.6 is 0 Å². The van der Waals surface area contributed by atoms with Crippen LogP contribution in [0.15, 0.2) is 18.5 Å². The van der Waals surface area contributed by atoms with Crippen LogP contribution in [0, 0.1) is 0 Å². The van der Waals surface area contributed by atoms with Crippen molar-refractivity contribution in [2.45, 2.75) is 33.1 Å². The molecule has 1 amide bonds. The van der Waals surface area contributed by atoms with E-state index in [9.17, 15) is 4.79 Å². The van der Waals surface area contributed by atoms with Crippen LogP contribution < -0.4 is 10.2 Å².